The van der Waals surface area contributed by atoms with E-state index in [0.717, 1.165) is 26.2 Å². The predicted molar refractivity (Wildman–Crippen MR) is 78.8 cm³/mol. The van der Waals surface area contributed by atoms with E-state index < -0.39 is 11.4 Å². The Kier molecular flexibility index (Phi) is 4.98. The van der Waals surface area contributed by atoms with Gasteiger partial charge in [0.1, 0.15) is 0 Å². The minimum atomic E-state index is -0.916. The van der Waals surface area contributed by atoms with E-state index in [2.05, 4.69) is 37.5 Å². The van der Waals surface area contributed by atoms with E-state index in [1.807, 2.05) is 0 Å². The molecule has 4 N–H and O–H groups in total. The molecule has 112 valence electrons. The van der Waals surface area contributed by atoms with E-state index in [9.17, 15) is 4.79 Å². The number of nitrogens with two attached hydrogens (primary N) is 2. The number of hydrogen-bond donors (Lipinski definition) is 2. The largest absolute Gasteiger partial charge is 0.368 e. The smallest absolute Gasteiger partial charge is 0.237 e. The second-order valence-electron chi connectivity index (χ2n) is 7.03. The Balaban J connectivity index is 2.50. The number of primary amides is 1. The highest BCUT2D eigenvalue weighted by molar-refractivity contribution is 5.83. The van der Waals surface area contributed by atoms with Crippen LogP contribution in [0.2, 0.25) is 0 Å². The Bertz CT molecular complexity index is 314. The molecule has 0 bridgehead atoms. The first kappa shape index (κ1) is 16.4. The van der Waals surface area contributed by atoms with Crippen LogP contribution in [-0.2, 0) is 4.79 Å². The summed E-state index contributed by atoms with van der Waals surface area (Å²) in [6.45, 7) is 14.7. The standard InChI is InChI=1S/C14H30N4O/c1-11(10-14(5,16)12(15)19)17-6-8-18(9-7-17)13(2,3)4/h11H,6-10,16H2,1-5H3,(H2,15,19). The summed E-state index contributed by atoms with van der Waals surface area (Å²) in [6.07, 6.45) is 0.609. The van der Waals surface area contributed by atoms with Crippen molar-refractivity contribution in [2.24, 2.45) is 11.5 Å². The number of carbonyl (C=O) groups excluding carboxylic acids is 1. The molecule has 1 heterocycles. The molecular weight excluding hydrogens is 240 g/mol. The van der Waals surface area contributed by atoms with Crippen molar-refractivity contribution >= 4 is 5.91 Å². The molecule has 0 saturated carbocycles. The normalized spacial score (nSPS) is 23.9. The fourth-order valence-corrected chi connectivity index (χ4v) is 2.68. The maximum atomic E-state index is 11.3. The molecule has 1 rings (SSSR count). The lowest BCUT2D eigenvalue weighted by Gasteiger charge is -2.44. The van der Waals surface area contributed by atoms with E-state index in [1.54, 1.807) is 6.92 Å². The van der Waals surface area contributed by atoms with Crippen LogP contribution in [0.3, 0.4) is 0 Å². The van der Waals surface area contributed by atoms with Crippen molar-refractivity contribution in [1.82, 2.24) is 9.80 Å². The molecule has 1 aliphatic rings. The van der Waals surface area contributed by atoms with Crippen molar-refractivity contribution < 1.29 is 4.79 Å². The molecule has 19 heavy (non-hydrogen) atoms. The number of nitrogens with zero attached hydrogens (tertiary/aromatic N) is 2. The Hall–Kier alpha value is -0.650. The Morgan fingerprint density at radius 1 is 1.16 bits per heavy atom. The van der Waals surface area contributed by atoms with Gasteiger partial charge in [0.05, 0.1) is 5.54 Å². The number of amides is 1. The van der Waals surface area contributed by atoms with Crippen LogP contribution in [0.5, 0.6) is 0 Å². The van der Waals surface area contributed by atoms with Crippen molar-refractivity contribution in [3.8, 4) is 0 Å². The Morgan fingerprint density at radius 3 is 2.00 bits per heavy atom. The Labute approximate surface area is 117 Å². The summed E-state index contributed by atoms with van der Waals surface area (Å²) in [5, 5.41) is 0. The summed E-state index contributed by atoms with van der Waals surface area (Å²) in [5.41, 5.74) is 10.6. The molecule has 2 unspecified atom stereocenters. The molecule has 1 amide bonds. The Morgan fingerprint density at radius 2 is 1.63 bits per heavy atom. The van der Waals surface area contributed by atoms with Crippen LogP contribution in [-0.4, -0.2) is 59.0 Å². The third kappa shape index (κ3) is 4.44. The van der Waals surface area contributed by atoms with E-state index in [-0.39, 0.29) is 11.6 Å². The van der Waals surface area contributed by atoms with Crippen LogP contribution in [0, 0.1) is 0 Å². The van der Waals surface area contributed by atoms with E-state index in [4.69, 9.17) is 11.5 Å². The van der Waals surface area contributed by atoms with Crippen molar-refractivity contribution in [1.29, 1.82) is 0 Å². The summed E-state index contributed by atoms with van der Waals surface area (Å²) in [7, 11) is 0. The second kappa shape index (κ2) is 5.77. The highest BCUT2D eigenvalue weighted by Crippen LogP contribution is 2.19. The minimum Gasteiger partial charge on any atom is -0.368 e. The number of piperazine rings is 1. The fraction of sp³-hybridized carbons (Fsp3) is 0.929. The monoisotopic (exact) mass is 270 g/mol. The molecule has 2 atom stereocenters. The van der Waals surface area contributed by atoms with Gasteiger partial charge in [0.25, 0.3) is 0 Å². The van der Waals surface area contributed by atoms with Crippen molar-refractivity contribution in [2.75, 3.05) is 26.2 Å². The van der Waals surface area contributed by atoms with Crippen molar-refractivity contribution in [3.05, 3.63) is 0 Å². The molecule has 5 nitrogen and oxygen atoms in total. The minimum absolute atomic E-state index is 0.227. The van der Waals surface area contributed by atoms with Gasteiger partial charge in [0, 0.05) is 37.8 Å². The first-order valence-corrected chi connectivity index (χ1v) is 7.12. The van der Waals surface area contributed by atoms with Gasteiger partial charge < -0.3 is 11.5 Å². The second-order valence-corrected chi connectivity index (χ2v) is 7.03. The molecular formula is C14H30N4O. The van der Waals surface area contributed by atoms with E-state index in [1.165, 1.54) is 0 Å². The maximum Gasteiger partial charge on any atom is 0.237 e. The van der Waals surface area contributed by atoms with Gasteiger partial charge in [0.15, 0.2) is 0 Å². The average molecular weight is 270 g/mol. The molecule has 1 aliphatic heterocycles. The van der Waals surface area contributed by atoms with Gasteiger partial charge in [-0.25, -0.2) is 0 Å². The first-order chi connectivity index (χ1) is 8.54. The molecule has 0 aromatic carbocycles. The molecule has 0 aromatic heterocycles. The van der Waals surface area contributed by atoms with Crippen molar-refractivity contribution in [2.45, 2.75) is 58.2 Å². The van der Waals surface area contributed by atoms with Gasteiger partial charge in [-0.2, -0.15) is 0 Å². The van der Waals surface area contributed by atoms with E-state index in [0.29, 0.717) is 6.42 Å². The van der Waals surface area contributed by atoms with Gasteiger partial charge in [-0.3, -0.25) is 14.6 Å². The summed E-state index contributed by atoms with van der Waals surface area (Å²) in [4.78, 5) is 16.2. The topological polar surface area (TPSA) is 75.6 Å². The molecule has 0 spiro atoms. The van der Waals surface area contributed by atoms with Gasteiger partial charge >= 0.3 is 0 Å². The zero-order chi connectivity index (χ0) is 14.8. The first-order valence-electron chi connectivity index (χ1n) is 7.12. The van der Waals surface area contributed by atoms with Crippen LogP contribution in [0.1, 0.15) is 41.0 Å². The van der Waals surface area contributed by atoms with Crippen LogP contribution in [0.15, 0.2) is 0 Å². The quantitative estimate of drug-likeness (QED) is 0.774. The molecule has 0 radical (unpaired) electrons. The summed E-state index contributed by atoms with van der Waals surface area (Å²) < 4.78 is 0. The van der Waals surface area contributed by atoms with Crippen LogP contribution in [0.4, 0.5) is 0 Å². The van der Waals surface area contributed by atoms with E-state index >= 15 is 0 Å². The third-order valence-electron chi connectivity index (χ3n) is 4.17. The van der Waals surface area contributed by atoms with Crippen LogP contribution >= 0.6 is 0 Å². The van der Waals surface area contributed by atoms with Crippen LogP contribution < -0.4 is 11.5 Å². The summed E-state index contributed by atoms with van der Waals surface area (Å²) >= 11 is 0. The maximum absolute atomic E-state index is 11.3. The molecule has 0 aromatic rings. The summed E-state index contributed by atoms with van der Waals surface area (Å²) in [5.74, 6) is -0.423. The fourth-order valence-electron chi connectivity index (χ4n) is 2.68. The lowest BCUT2D eigenvalue weighted by Crippen LogP contribution is -2.58. The molecule has 5 heteroatoms. The summed E-state index contributed by atoms with van der Waals surface area (Å²) in [6, 6.07) is 0.282. The zero-order valence-corrected chi connectivity index (χ0v) is 13.1. The molecule has 1 saturated heterocycles. The van der Waals surface area contributed by atoms with Crippen LogP contribution in [0.25, 0.3) is 0 Å². The average Bonchev–Trinajstić information content (AvgIpc) is 2.27. The number of hydrogen-bond acceptors (Lipinski definition) is 4. The number of rotatable bonds is 4. The van der Waals surface area contributed by atoms with Gasteiger partial charge in [-0.05, 0) is 41.0 Å². The van der Waals surface area contributed by atoms with Crippen molar-refractivity contribution in [3.63, 3.8) is 0 Å². The molecule has 0 aliphatic carbocycles. The SMILES string of the molecule is CC(CC(C)(N)C(N)=O)N1CCN(C(C)(C)C)CC1. The number of carbonyl (C=O) groups is 1. The van der Waals surface area contributed by atoms with Gasteiger partial charge in [0.2, 0.25) is 5.91 Å². The molecule has 1 fully saturated rings. The highest BCUT2D eigenvalue weighted by atomic mass is 16.1. The van der Waals surface area contributed by atoms with Gasteiger partial charge in [-0.1, -0.05) is 0 Å². The lowest BCUT2D eigenvalue weighted by atomic mass is 9.93. The third-order valence-corrected chi connectivity index (χ3v) is 4.17. The zero-order valence-electron chi connectivity index (χ0n) is 13.1. The van der Waals surface area contributed by atoms with Gasteiger partial charge in [-0.15, -0.1) is 0 Å². The predicted octanol–water partition coefficient (Wildman–Crippen LogP) is 0.384. The highest BCUT2D eigenvalue weighted by Gasteiger charge is 2.32. The lowest BCUT2D eigenvalue weighted by molar-refractivity contribution is -0.123.